The van der Waals surface area contributed by atoms with Gasteiger partial charge in [0.05, 0.1) is 12.6 Å². The third-order valence-corrected chi connectivity index (χ3v) is 4.97. The average Bonchev–Trinajstić information content (AvgIpc) is 3.14. The van der Waals surface area contributed by atoms with Crippen LogP contribution in [0.4, 0.5) is 5.69 Å². The molecule has 2 aromatic heterocycles. The molecule has 0 aliphatic carbocycles. The number of anilines is 1. The predicted molar refractivity (Wildman–Crippen MR) is 94.3 cm³/mol. The van der Waals surface area contributed by atoms with Crippen molar-refractivity contribution in [3.05, 3.63) is 46.4 Å². The van der Waals surface area contributed by atoms with Gasteiger partial charge in [-0.25, -0.2) is 0 Å². The van der Waals surface area contributed by atoms with Gasteiger partial charge in [-0.05, 0) is 30.0 Å². The second-order valence-electron chi connectivity index (χ2n) is 5.62. The first-order valence-electron chi connectivity index (χ1n) is 7.99. The van der Waals surface area contributed by atoms with Crippen LogP contribution in [-0.4, -0.2) is 36.4 Å². The van der Waals surface area contributed by atoms with E-state index in [0.717, 1.165) is 23.5 Å². The van der Waals surface area contributed by atoms with E-state index in [1.807, 2.05) is 35.4 Å². The Morgan fingerprint density at radius 3 is 3.08 bits per heavy atom. The van der Waals surface area contributed by atoms with Crippen molar-refractivity contribution in [1.82, 2.24) is 15.6 Å². The number of piperazine rings is 1. The molecule has 0 spiro atoms. The van der Waals surface area contributed by atoms with Crippen molar-refractivity contribution in [2.24, 2.45) is 0 Å². The lowest BCUT2D eigenvalue weighted by molar-refractivity contribution is -0.120. The number of nitrogens with one attached hydrogen (secondary N) is 2. The highest BCUT2D eigenvalue weighted by molar-refractivity contribution is 7.10. The van der Waals surface area contributed by atoms with Crippen molar-refractivity contribution in [2.75, 3.05) is 24.5 Å². The summed E-state index contributed by atoms with van der Waals surface area (Å²) in [6, 6.07) is 7.56. The van der Waals surface area contributed by atoms with Gasteiger partial charge in [-0.2, -0.15) is 0 Å². The summed E-state index contributed by atoms with van der Waals surface area (Å²) < 4.78 is 0. The summed E-state index contributed by atoms with van der Waals surface area (Å²) in [5.74, 6) is -0.202. The summed E-state index contributed by atoms with van der Waals surface area (Å²) in [5.41, 5.74) is 1.21. The molecule has 1 fully saturated rings. The first kappa shape index (κ1) is 16.4. The zero-order valence-corrected chi connectivity index (χ0v) is 14.3. The molecule has 1 saturated heterocycles. The molecule has 7 heteroatoms. The van der Waals surface area contributed by atoms with E-state index in [4.69, 9.17) is 0 Å². The summed E-state index contributed by atoms with van der Waals surface area (Å²) in [7, 11) is 0. The van der Waals surface area contributed by atoms with Crippen LogP contribution in [0.1, 0.15) is 34.8 Å². The lowest BCUT2D eigenvalue weighted by Crippen LogP contribution is -2.47. The van der Waals surface area contributed by atoms with Gasteiger partial charge in [0.15, 0.2) is 0 Å². The van der Waals surface area contributed by atoms with Gasteiger partial charge in [0, 0.05) is 29.9 Å². The number of aromatic nitrogens is 1. The number of thiophene rings is 1. The number of carbonyl (C=O) groups excluding carboxylic acids is 2. The van der Waals surface area contributed by atoms with Crippen LogP contribution >= 0.6 is 11.3 Å². The van der Waals surface area contributed by atoms with Gasteiger partial charge in [0.2, 0.25) is 5.91 Å². The molecular formula is C17H20N4O2S. The molecule has 6 nitrogen and oxygen atoms in total. The van der Waals surface area contributed by atoms with Crippen molar-refractivity contribution >= 4 is 28.8 Å². The monoisotopic (exact) mass is 344 g/mol. The molecule has 1 aliphatic rings. The molecule has 2 N–H and O–H groups in total. The van der Waals surface area contributed by atoms with E-state index in [9.17, 15) is 9.59 Å². The van der Waals surface area contributed by atoms with Gasteiger partial charge in [-0.15, -0.1) is 11.3 Å². The highest BCUT2D eigenvalue weighted by Crippen LogP contribution is 2.22. The lowest BCUT2D eigenvalue weighted by Gasteiger charge is -2.28. The van der Waals surface area contributed by atoms with E-state index < -0.39 is 0 Å². The van der Waals surface area contributed by atoms with E-state index in [-0.39, 0.29) is 17.9 Å². The molecule has 2 aromatic rings. The minimum Gasteiger partial charge on any atom is -0.360 e. The maximum absolute atomic E-state index is 12.5. The second kappa shape index (κ2) is 7.44. The maximum atomic E-state index is 12.5. The van der Waals surface area contributed by atoms with Crippen LogP contribution in [0.2, 0.25) is 0 Å². The van der Waals surface area contributed by atoms with Gasteiger partial charge < -0.3 is 15.5 Å². The number of rotatable bonds is 5. The van der Waals surface area contributed by atoms with Crippen molar-refractivity contribution in [2.45, 2.75) is 19.4 Å². The van der Waals surface area contributed by atoms with Gasteiger partial charge in [0.25, 0.3) is 5.91 Å². The molecule has 0 radical (unpaired) electrons. The van der Waals surface area contributed by atoms with Crippen LogP contribution in [0.3, 0.4) is 0 Å². The van der Waals surface area contributed by atoms with Gasteiger partial charge in [0.1, 0.15) is 5.69 Å². The molecule has 0 bridgehead atoms. The van der Waals surface area contributed by atoms with Crippen LogP contribution in [0.25, 0.3) is 0 Å². The number of hydrogen-bond acceptors (Lipinski definition) is 5. The Bertz CT molecular complexity index is 717. The Kier molecular flexibility index (Phi) is 5.10. The fourth-order valence-corrected chi connectivity index (χ4v) is 3.56. The van der Waals surface area contributed by atoms with Crippen LogP contribution in [0.5, 0.6) is 0 Å². The number of amides is 2. The molecule has 2 amide bonds. The minimum atomic E-state index is -0.196. The normalized spacial score (nSPS) is 15.7. The van der Waals surface area contributed by atoms with Crippen molar-refractivity contribution in [3.8, 4) is 0 Å². The lowest BCUT2D eigenvalue weighted by atomic mass is 10.1. The number of hydrogen-bond donors (Lipinski definition) is 2. The highest BCUT2D eigenvalue weighted by Gasteiger charge is 2.19. The van der Waals surface area contributed by atoms with Crippen molar-refractivity contribution in [1.29, 1.82) is 0 Å². The first-order chi connectivity index (χ1) is 11.7. The maximum Gasteiger partial charge on any atom is 0.270 e. The van der Waals surface area contributed by atoms with E-state index >= 15 is 0 Å². The number of nitrogens with zero attached hydrogens (tertiary/aromatic N) is 2. The number of carbonyl (C=O) groups is 2. The summed E-state index contributed by atoms with van der Waals surface area (Å²) in [5, 5.41) is 7.83. The molecule has 0 unspecified atom stereocenters. The smallest absolute Gasteiger partial charge is 0.270 e. The third kappa shape index (κ3) is 3.73. The molecule has 1 aliphatic heterocycles. The number of pyridine rings is 1. The fourth-order valence-electron chi connectivity index (χ4n) is 2.70. The zero-order chi connectivity index (χ0) is 16.9. The summed E-state index contributed by atoms with van der Waals surface area (Å²) in [6.45, 7) is 3.68. The Hall–Kier alpha value is -2.41. The molecule has 0 aromatic carbocycles. The molecule has 0 saturated carbocycles. The summed E-state index contributed by atoms with van der Waals surface area (Å²) >= 11 is 1.63. The van der Waals surface area contributed by atoms with E-state index in [1.165, 1.54) is 0 Å². The minimum absolute atomic E-state index is 0.00666. The fraction of sp³-hybridized carbons (Fsp3) is 0.353. The Morgan fingerprint density at radius 1 is 1.50 bits per heavy atom. The average molecular weight is 344 g/mol. The second-order valence-corrected chi connectivity index (χ2v) is 6.60. The molecule has 3 heterocycles. The zero-order valence-electron chi connectivity index (χ0n) is 13.5. The van der Waals surface area contributed by atoms with E-state index in [2.05, 4.69) is 15.6 Å². The SMILES string of the molecule is CC[C@H](NC(=O)c1cc(N2CCNC(=O)C2)ccn1)c1cccs1. The van der Waals surface area contributed by atoms with E-state index in [0.29, 0.717) is 18.8 Å². The standard InChI is InChI=1S/C17H20N4O2S/c1-2-13(15-4-3-9-24-15)20-17(23)14-10-12(5-6-18-14)21-8-7-19-16(22)11-21/h3-6,9-10,13H,2,7-8,11H2,1H3,(H,19,22)(H,20,23)/t13-/m0/s1. The van der Waals surface area contributed by atoms with Crippen LogP contribution in [0, 0.1) is 0 Å². The molecule has 3 rings (SSSR count). The topological polar surface area (TPSA) is 74.3 Å². The highest BCUT2D eigenvalue weighted by atomic mass is 32.1. The Morgan fingerprint density at radius 2 is 2.38 bits per heavy atom. The van der Waals surface area contributed by atoms with Crippen molar-refractivity contribution in [3.63, 3.8) is 0 Å². The molecular weight excluding hydrogens is 324 g/mol. The van der Waals surface area contributed by atoms with Gasteiger partial charge in [-0.1, -0.05) is 13.0 Å². The summed E-state index contributed by atoms with van der Waals surface area (Å²) in [6.07, 6.45) is 2.43. The molecule has 126 valence electrons. The predicted octanol–water partition coefficient (Wildman–Crippen LogP) is 1.96. The van der Waals surface area contributed by atoms with Gasteiger partial charge in [-0.3, -0.25) is 14.6 Å². The van der Waals surface area contributed by atoms with Gasteiger partial charge >= 0.3 is 0 Å². The van der Waals surface area contributed by atoms with Crippen molar-refractivity contribution < 1.29 is 9.59 Å². The largest absolute Gasteiger partial charge is 0.360 e. The third-order valence-electron chi connectivity index (χ3n) is 3.98. The van der Waals surface area contributed by atoms with E-state index in [1.54, 1.807) is 23.6 Å². The molecule has 1 atom stereocenters. The van der Waals surface area contributed by atoms with Crippen LogP contribution < -0.4 is 15.5 Å². The Labute approximate surface area is 144 Å². The Balaban J connectivity index is 1.73. The summed E-state index contributed by atoms with van der Waals surface area (Å²) in [4.78, 5) is 31.3. The first-order valence-corrected chi connectivity index (χ1v) is 8.87. The quantitative estimate of drug-likeness (QED) is 0.869. The molecule has 24 heavy (non-hydrogen) atoms. The van der Waals surface area contributed by atoms with Crippen LogP contribution in [-0.2, 0) is 4.79 Å². The van der Waals surface area contributed by atoms with Crippen LogP contribution in [0.15, 0.2) is 35.8 Å².